The van der Waals surface area contributed by atoms with Crippen molar-refractivity contribution >= 4 is 49.6 Å². The summed E-state index contributed by atoms with van der Waals surface area (Å²) in [7, 11) is 0. The van der Waals surface area contributed by atoms with E-state index in [0.29, 0.717) is 6.04 Å². The van der Waals surface area contributed by atoms with Crippen LogP contribution in [-0.4, -0.2) is 65.8 Å². The summed E-state index contributed by atoms with van der Waals surface area (Å²) in [5.41, 5.74) is 4.22. The molecular formula is C21H45Cl2F4N3O7. The zero-order chi connectivity index (χ0) is 29.6. The number of hydrogen-bond donors (Lipinski definition) is 4. The minimum absolute atomic E-state index is 0. The SMILES string of the molecule is CC(C)N.CC(C)NC(=O)OC(C)(C)C.C[C@@H](CO)NC(=O)OC(C)(C)C.Cl.Cl.O=C(F)F.O=C(F)F. The highest BCUT2D eigenvalue weighted by Crippen LogP contribution is 2.07. The van der Waals surface area contributed by atoms with Crippen molar-refractivity contribution in [3.8, 4) is 0 Å². The van der Waals surface area contributed by atoms with Crippen molar-refractivity contribution in [2.45, 2.75) is 105 Å². The summed E-state index contributed by atoms with van der Waals surface area (Å²) in [6.45, 7) is 20.2. The number of halogens is 6. The summed E-state index contributed by atoms with van der Waals surface area (Å²) in [6, 6.07) is 0.199. The van der Waals surface area contributed by atoms with E-state index in [2.05, 4.69) is 10.6 Å². The largest absolute Gasteiger partial charge is 0.483 e. The van der Waals surface area contributed by atoms with Crippen LogP contribution in [0.3, 0.4) is 0 Å². The van der Waals surface area contributed by atoms with Gasteiger partial charge in [-0.2, -0.15) is 0 Å². The number of aliphatic hydroxyl groups excluding tert-OH is 1. The Balaban J connectivity index is -0.0000000658. The van der Waals surface area contributed by atoms with E-state index in [1.807, 2.05) is 48.5 Å². The lowest BCUT2D eigenvalue weighted by molar-refractivity contribution is 0.0484. The zero-order valence-electron chi connectivity index (χ0n) is 23.2. The summed E-state index contributed by atoms with van der Waals surface area (Å²) in [5, 5.41) is 13.7. The molecule has 0 heterocycles. The van der Waals surface area contributed by atoms with Crippen molar-refractivity contribution < 1.29 is 51.3 Å². The van der Waals surface area contributed by atoms with Gasteiger partial charge >= 0.3 is 24.8 Å². The third-order valence-corrected chi connectivity index (χ3v) is 1.84. The molecule has 2 amide bonds. The van der Waals surface area contributed by atoms with Gasteiger partial charge in [0.2, 0.25) is 0 Å². The molecule has 0 aromatic carbocycles. The summed E-state index contributed by atoms with van der Waals surface area (Å²) in [5.74, 6) is 0. The van der Waals surface area contributed by atoms with Crippen molar-refractivity contribution in [2.75, 3.05) is 6.61 Å². The van der Waals surface area contributed by atoms with E-state index in [1.54, 1.807) is 27.7 Å². The second-order valence-electron chi connectivity index (χ2n) is 9.23. The van der Waals surface area contributed by atoms with Crippen LogP contribution in [0.4, 0.5) is 36.7 Å². The highest BCUT2D eigenvalue weighted by atomic mass is 35.5. The molecule has 5 N–H and O–H groups in total. The Hall–Kier alpha value is -1.90. The lowest BCUT2D eigenvalue weighted by atomic mass is 10.2. The molecule has 37 heavy (non-hydrogen) atoms. The summed E-state index contributed by atoms with van der Waals surface area (Å²) < 4.78 is 48.7. The molecule has 0 fully saturated rings. The third kappa shape index (κ3) is 107. The monoisotopic (exact) mass is 597 g/mol. The Bertz CT molecular complexity index is 569. The molecule has 0 aliphatic heterocycles. The minimum atomic E-state index is -2.83. The Morgan fingerprint density at radius 1 is 0.730 bits per heavy atom. The molecule has 1 atom stereocenters. The van der Waals surface area contributed by atoms with Crippen molar-refractivity contribution in [1.82, 2.24) is 10.6 Å². The van der Waals surface area contributed by atoms with Crippen LogP contribution in [0.25, 0.3) is 0 Å². The molecule has 0 bridgehead atoms. The minimum Gasteiger partial charge on any atom is -0.444 e. The number of hydrogen-bond acceptors (Lipinski definition) is 8. The maximum atomic E-state index is 11.0. The highest BCUT2D eigenvalue weighted by Gasteiger charge is 2.17. The lowest BCUT2D eigenvalue weighted by Gasteiger charge is -2.21. The Labute approximate surface area is 229 Å². The number of alkyl carbamates (subject to hydrolysis) is 2. The summed E-state index contributed by atoms with van der Waals surface area (Å²) in [6.07, 6.45) is -6.52. The average Bonchev–Trinajstić information content (AvgIpc) is 2.48. The fraction of sp³-hybridized carbons (Fsp3) is 0.810. The lowest BCUT2D eigenvalue weighted by Crippen LogP contribution is -2.39. The van der Waals surface area contributed by atoms with Gasteiger partial charge in [-0.1, -0.05) is 13.8 Å². The number of carbonyl (C=O) groups excluding carboxylic acids is 4. The number of amides is 2. The standard InChI is InChI=1S/C8H17NO3.C8H17NO2.C3H9N.2CF2O.2ClH/c1-6(5-10)9-7(11)12-8(2,3)4;1-6(2)9-7(10)11-8(3,4)5;1-3(2)4;2*2-1(3)4;;/h6,10H,5H2,1-4H3,(H,9,11);6H,1-5H3,(H,9,10);3H,4H2,1-2H3;;;2*1H/t6-;;;;;;/m0....../s1. The Morgan fingerprint density at radius 3 is 1.11 bits per heavy atom. The van der Waals surface area contributed by atoms with E-state index in [1.165, 1.54) is 0 Å². The smallest absolute Gasteiger partial charge is 0.444 e. The second kappa shape index (κ2) is 28.7. The zero-order valence-corrected chi connectivity index (χ0v) is 24.9. The van der Waals surface area contributed by atoms with Gasteiger partial charge in [0.25, 0.3) is 0 Å². The number of ether oxygens (including phenoxy) is 2. The quantitative estimate of drug-likeness (QED) is 0.224. The van der Waals surface area contributed by atoms with E-state index >= 15 is 0 Å². The van der Waals surface area contributed by atoms with E-state index < -0.39 is 29.9 Å². The molecule has 0 rings (SSSR count). The highest BCUT2D eigenvalue weighted by molar-refractivity contribution is 5.85. The molecule has 0 aliphatic rings. The first kappa shape index (κ1) is 51.7. The first-order chi connectivity index (χ1) is 15.4. The van der Waals surface area contributed by atoms with Crippen molar-refractivity contribution in [1.29, 1.82) is 0 Å². The average molecular weight is 599 g/mol. The summed E-state index contributed by atoms with van der Waals surface area (Å²) in [4.78, 5) is 38.1. The van der Waals surface area contributed by atoms with Gasteiger partial charge in [0.15, 0.2) is 0 Å². The van der Waals surface area contributed by atoms with Crippen LogP contribution in [0.15, 0.2) is 0 Å². The van der Waals surface area contributed by atoms with E-state index in [0.717, 1.165) is 0 Å². The maximum absolute atomic E-state index is 11.0. The van der Waals surface area contributed by atoms with Gasteiger partial charge in [-0.05, 0) is 68.4 Å². The van der Waals surface area contributed by atoms with Crippen LogP contribution in [0.2, 0.25) is 0 Å². The van der Waals surface area contributed by atoms with Crippen LogP contribution in [0.5, 0.6) is 0 Å². The van der Waals surface area contributed by atoms with Gasteiger partial charge in [0.05, 0.1) is 12.6 Å². The molecule has 0 saturated heterocycles. The molecule has 0 aromatic rings. The predicted octanol–water partition coefficient (Wildman–Crippen LogP) is 6.10. The van der Waals surface area contributed by atoms with Crippen LogP contribution in [-0.2, 0) is 9.47 Å². The molecule has 10 nitrogen and oxygen atoms in total. The number of aliphatic hydroxyl groups is 1. The summed E-state index contributed by atoms with van der Waals surface area (Å²) >= 11 is 0. The molecule has 0 saturated carbocycles. The van der Waals surface area contributed by atoms with Crippen LogP contribution in [0.1, 0.15) is 76.2 Å². The Morgan fingerprint density at radius 2 is 0.946 bits per heavy atom. The molecule has 0 aromatic heterocycles. The number of nitrogens with two attached hydrogens (primary N) is 1. The topological polar surface area (TPSA) is 157 Å². The van der Waals surface area contributed by atoms with Gasteiger partial charge < -0.3 is 30.9 Å². The van der Waals surface area contributed by atoms with Crippen molar-refractivity contribution in [3.63, 3.8) is 0 Å². The predicted molar refractivity (Wildman–Crippen MR) is 139 cm³/mol. The van der Waals surface area contributed by atoms with E-state index in [-0.39, 0.29) is 49.6 Å². The first-order valence-corrected chi connectivity index (χ1v) is 10.4. The second-order valence-corrected chi connectivity index (χ2v) is 9.23. The van der Waals surface area contributed by atoms with Gasteiger partial charge in [0, 0.05) is 6.04 Å². The van der Waals surface area contributed by atoms with Crippen molar-refractivity contribution in [3.05, 3.63) is 0 Å². The molecular weight excluding hydrogens is 553 g/mol. The van der Waals surface area contributed by atoms with E-state index in [4.69, 9.17) is 29.9 Å². The Kier molecular flexibility index (Phi) is 40.0. The van der Waals surface area contributed by atoms with Crippen LogP contribution >= 0.6 is 24.8 Å². The third-order valence-electron chi connectivity index (χ3n) is 1.84. The maximum Gasteiger partial charge on any atom is 0.483 e. The van der Waals surface area contributed by atoms with Crippen LogP contribution < -0.4 is 16.4 Å². The van der Waals surface area contributed by atoms with Crippen LogP contribution in [0, 0.1) is 0 Å². The van der Waals surface area contributed by atoms with Gasteiger partial charge in [0.1, 0.15) is 11.2 Å². The molecule has 0 spiro atoms. The normalized spacial score (nSPS) is 10.2. The first-order valence-electron chi connectivity index (χ1n) is 10.4. The number of rotatable bonds is 3. The molecule has 228 valence electrons. The fourth-order valence-electron chi connectivity index (χ4n) is 1.10. The van der Waals surface area contributed by atoms with Gasteiger partial charge in [-0.15, -0.1) is 42.4 Å². The number of nitrogens with one attached hydrogen (secondary N) is 2. The fourth-order valence-corrected chi connectivity index (χ4v) is 1.10. The number of carbonyl (C=O) groups is 4. The van der Waals surface area contributed by atoms with Gasteiger partial charge in [-0.25, -0.2) is 19.2 Å². The molecule has 0 radical (unpaired) electrons. The molecule has 0 aliphatic carbocycles. The molecule has 0 unspecified atom stereocenters. The van der Waals surface area contributed by atoms with Crippen molar-refractivity contribution in [2.24, 2.45) is 5.73 Å². The van der Waals surface area contributed by atoms with Gasteiger partial charge in [-0.3, -0.25) is 0 Å². The molecule has 16 heteroatoms. The van der Waals surface area contributed by atoms with E-state index in [9.17, 15) is 27.2 Å².